The third kappa shape index (κ3) is 2.33. The molecule has 0 aromatic heterocycles. The van der Waals surface area contributed by atoms with Gasteiger partial charge in [-0.25, -0.2) is 4.79 Å². The van der Waals surface area contributed by atoms with E-state index in [4.69, 9.17) is 5.11 Å². The molecule has 0 aromatic rings. The van der Waals surface area contributed by atoms with Crippen LogP contribution in [0.3, 0.4) is 0 Å². The summed E-state index contributed by atoms with van der Waals surface area (Å²) in [5, 5.41) is 8.75. The summed E-state index contributed by atoms with van der Waals surface area (Å²) in [6, 6.07) is 0. The van der Waals surface area contributed by atoms with E-state index >= 15 is 0 Å². The van der Waals surface area contributed by atoms with Crippen molar-refractivity contribution in [2.75, 3.05) is 0 Å². The Labute approximate surface area is 79.6 Å². The normalized spacial score (nSPS) is 20.1. The molecule has 0 amide bonds. The van der Waals surface area contributed by atoms with E-state index in [9.17, 15) is 4.79 Å². The van der Waals surface area contributed by atoms with Gasteiger partial charge in [-0.2, -0.15) is 0 Å². The minimum atomic E-state index is -0.834. The van der Waals surface area contributed by atoms with Crippen LogP contribution in [0, 0.1) is 5.41 Å². The van der Waals surface area contributed by atoms with E-state index in [1.807, 2.05) is 0 Å². The zero-order valence-electron chi connectivity index (χ0n) is 8.31. The highest BCUT2D eigenvalue weighted by molar-refractivity contribution is 5.85. The first-order chi connectivity index (χ1) is 6.09. The first kappa shape index (κ1) is 10.3. The van der Waals surface area contributed by atoms with Crippen LogP contribution in [0.4, 0.5) is 0 Å². The Morgan fingerprint density at radius 1 is 1.46 bits per heavy atom. The van der Waals surface area contributed by atoms with Crippen molar-refractivity contribution in [2.24, 2.45) is 5.41 Å². The van der Waals surface area contributed by atoms with Gasteiger partial charge in [0.2, 0.25) is 0 Å². The van der Waals surface area contributed by atoms with Crippen molar-refractivity contribution < 1.29 is 9.90 Å². The van der Waals surface area contributed by atoms with Crippen LogP contribution < -0.4 is 0 Å². The number of carboxylic acid groups (broad SMARTS) is 1. The summed E-state index contributed by atoms with van der Waals surface area (Å²) in [7, 11) is 0. The lowest BCUT2D eigenvalue weighted by atomic mass is 9.78. The molecule has 1 aliphatic carbocycles. The molecule has 1 N–H and O–H groups in total. The summed E-state index contributed by atoms with van der Waals surface area (Å²) >= 11 is 0. The number of aliphatic carboxylic acids is 1. The molecule has 0 unspecified atom stereocenters. The van der Waals surface area contributed by atoms with Gasteiger partial charge in [0.1, 0.15) is 0 Å². The minimum absolute atomic E-state index is 0.259. The van der Waals surface area contributed by atoms with Gasteiger partial charge in [-0.15, -0.1) is 0 Å². The van der Waals surface area contributed by atoms with E-state index in [0.717, 1.165) is 6.42 Å². The second-order valence-electron chi connectivity index (χ2n) is 4.15. The fraction of sp³-hybridized carbons (Fsp3) is 0.727. The Morgan fingerprint density at radius 2 is 2.00 bits per heavy atom. The van der Waals surface area contributed by atoms with E-state index in [-0.39, 0.29) is 5.41 Å². The number of rotatable bonds is 4. The number of hydrogen-bond acceptors (Lipinski definition) is 1. The van der Waals surface area contributed by atoms with Crippen LogP contribution in [0.1, 0.15) is 45.4 Å². The van der Waals surface area contributed by atoms with E-state index in [1.54, 1.807) is 0 Å². The molecule has 0 aromatic carbocycles. The van der Waals surface area contributed by atoms with Gasteiger partial charge in [-0.1, -0.05) is 32.8 Å². The standard InChI is InChI=1S/C11H18O2/c1-3-11(6-4-5-7-11)8-9(2)10(12)13/h2-8H2,1H3,(H,12,13). The van der Waals surface area contributed by atoms with Crippen molar-refractivity contribution in [3.8, 4) is 0 Å². The molecule has 0 saturated heterocycles. The lowest BCUT2D eigenvalue weighted by Crippen LogP contribution is -2.18. The van der Waals surface area contributed by atoms with Gasteiger partial charge in [0.15, 0.2) is 0 Å². The monoisotopic (exact) mass is 182 g/mol. The molecule has 0 bridgehead atoms. The summed E-state index contributed by atoms with van der Waals surface area (Å²) in [5.41, 5.74) is 0.638. The maximum atomic E-state index is 10.6. The lowest BCUT2D eigenvalue weighted by molar-refractivity contribution is -0.133. The topological polar surface area (TPSA) is 37.3 Å². The maximum Gasteiger partial charge on any atom is 0.330 e. The third-order valence-electron chi connectivity index (χ3n) is 3.31. The molecule has 1 aliphatic rings. The first-order valence-electron chi connectivity index (χ1n) is 5.01. The Balaban J connectivity index is 2.58. The molecule has 0 aliphatic heterocycles. The largest absolute Gasteiger partial charge is 0.478 e. The average Bonchev–Trinajstić information content (AvgIpc) is 2.54. The summed E-state index contributed by atoms with van der Waals surface area (Å²) in [6.45, 7) is 5.76. The van der Waals surface area contributed by atoms with Gasteiger partial charge >= 0.3 is 5.97 Å². The molecule has 0 radical (unpaired) electrons. The van der Waals surface area contributed by atoms with Gasteiger partial charge in [-0.05, 0) is 24.7 Å². The molecule has 0 atom stereocenters. The van der Waals surface area contributed by atoms with E-state index in [0.29, 0.717) is 12.0 Å². The van der Waals surface area contributed by atoms with Crippen molar-refractivity contribution in [3.05, 3.63) is 12.2 Å². The molecular weight excluding hydrogens is 164 g/mol. The molecule has 1 rings (SSSR count). The SMILES string of the molecule is C=C(CC1(CC)CCCC1)C(=O)O. The Morgan fingerprint density at radius 3 is 2.38 bits per heavy atom. The lowest BCUT2D eigenvalue weighted by Gasteiger charge is -2.27. The minimum Gasteiger partial charge on any atom is -0.478 e. The smallest absolute Gasteiger partial charge is 0.330 e. The third-order valence-corrected chi connectivity index (χ3v) is 3.31. The molecule has 0 heterocycles. The highest BCUT2D eigenvalue weighted by Gasteiger charge is 2.33. The van der Waals surface area contributed by atoms with Gasteiger partial charge in [0, 0.05) is 5.57 Å². The fourth-order valence-corrected chi connectivity index (χ4v) is 2.31. The van der Waals surface area contributed by atoms with Gasteiger partial charge < -0.3 is 5.11 Å². The molecule has 1 fully saturated rings. The average molecular weight is 182 g/mol. The summed E-state index contributed by atoms with van der Waals surface area (Å²) in [4.78, 5) is 10.6. The molecule has 1 saturated carbocycles. The summed E-state index contributed by atoms with van der Waals surface area (Å²) < 4.78 is 0. The van der Waals surface area contributed by atoms with E-state index < -0.39 is 5.97 Å². The van der Waals surface area contributed by atoms with Gasteiger partial charge in [0.25, 0.3) is 0 Å². The van der Waals surface area contributed by atoms with Crippen molar-refractivity contribution in [3.63, 3.8) is 0 Å². The summed E-state index contributed by atoms with van der Waals surface area (Å²) in [6.07, 6.45) is 6.62. The van der Waals surface area contributed by atoms with Crippen LogP contribution in [-0.2, 0) is 4.79 Å². The van der Waals surface area contributed by atoms with Crippen LogP contribution in [0.25, 0.3) is 0 Å². The van der Waals surface area contributed by atoms with Gasteiger partial charge in [-0.3, -0.25) is 0 Å². The predicted molar refractivity (Wildman–Crippen MR) is 52.6 cm³/mol. The molecule has 74 valence electrons. The highest BCUT2D eigenvalue weighted by atomic mass is 16.4. The first-order valence-corrected chi connectivity index (χ1v) is 5.01. The quantitative estimate of drug-likeness (QED) is 0.678. The van der Waals surface area contributed by atoms with Crippen LogP contribution >= 0.6 is 0 Å². The zero-order chi connectivity index (χ0) is 9.90. The Hall–Kier alpha value is -0.790. The maximum absolute atomic E-state index is 10.6. The number of carboxylic acids is 1. The molecule has 0 spiro atoms. The second kappa shape index (κ2) is 3.95. The highest BCUT2D eigenvalue weighted by Crippen LogP contribution is 2.45. The van der Waals surface area contributed by atoms with Crippen molar-refractivity contribution >= 4 is 5.97 Å². The number of hydrogen-bond donors (Lipinski definition) is 1. The van der Waals surface area contributed by atoms with Crippen LogP contribution in [0.5, 0.6) is 0 Å². The van der Waals surface area contributed by atoms with E-state index in [1.165, 1.54) is 25.7 Å². The van der Waals surface area contributed by atoms with Crippen molar-refractivity contribution in [1.29, 1.82) is 0 Å². The molecule has 13 heavy (non-hydrogen) atoms. The zero-order valence-corrected chi connectivity index (χ0v) is 8.31. The molecule has 2 heteroatoms. The Kier molecular flexibility index (Phi) is 3.12. The second-order valence-corrected chi connectivity index (χ2v) is 4.15. The van der Waals surface area contributed by atoms with E-state index in [2.05, 4.69) is 13.5 Å². The fourth-order valence-electron chi connectivity index (χ4n) is 2.31. The van der Waals surface area contributed by atoms with Gasteiger partial charge in [0.05, 0.1) is 0 Å². The van der Waals surface area contributed by atoms with Crippen molar-refractivity contribution in [1.82, 2.24) is 0 Å². The Bertz CT molecular complexity index is 212. The van der Waals surface area contributed by atoms with Crippen LogP contribution in [0.15, 0.2) is 12.2 Å². The van der Waals surface area contributed by atoms with Crippen LogP contribution in [0.2, 0.25) is 0 Å². The summed E-state index contributed by atoms with van der Waals surface area (Å²) in [5.74, 6) is -0.834. The predicted octanol–water partition coefficient (Wildman–Crippen LogP) is 2.99. The molecular formula is C11H18O2. The molecule has 2 nitrogen and oxygen atoms in total. The van der Waals surface area contributed by atoms with Crippen molar-refractivity contribution in [2.45, 2.75) is 45.4 Å². The van der Waals surface area contributed by atoms with Crippen LogP contribution in [-0.4, -0.2) is 11.1 Å². The number of carbonyl (C=O) groups is 1.